The van der Waals surface area contributed by atoms with Crippen LogP contribution >= 0.6 is 0 Å². The Bertz CT molecular complexity index is 1620. The molecule has 1 fully saturated rings. The van der Waals surface area contributed by atoms with Crippen LogP contribution in [0.25, 0.3) is 11.1 Å². The molecule has 0 radical (unpaired) electrons. The second-order valence-corrected chi connectivity index (χ2v) is 17.5. The number of halogens is 1. The number of amides is 1. The summed E-state index contributed by atoms with van der Waals surface area (Å²) in [5.74, 6) is 3.06. The average molecular weight is 607 g/mol. The molecule has 0 spiro atoms. The molecule has 0 N–H and O–H groups in total. The van der Waals surface area contributed by atoms with Gasteiger partial charge in [-0.15, -0.1) is 5.54 Å². The van der Waals surface area contributed by atoms with Crippen molar-refractivity contribution in [3.8, 4) is 28.3 Å². The zero-order valence-corrected chi connectivity index (χ0v) is 26.1. The van der Waals surface area contributed by atoms with Crippen LogP contribution in [0, 0.1) is 18.4 Å². The van der Waals surface area contributed by atoms with E-state index >= 15 is 0 Å². The summed E-state index contributed by atoms with van der Waals surface area (Å²) in [6, 6.07) is 19.9. The van der Waals surface area contributed by atoms with Gasteiger partial charge < -0.3 is 13.8 Å². The van der Waals surface area contributed by atoms with Crippen LogP contribution in [0.15, 0.2) is 60.7 Å². The van der Waals surface area contributed by atoms with Crippen LogP contribution in [0.5, 0.6) is 5.75 Å². The Hall–Kier alpha value is -3.65. The number of benzene rings is 3. The number of piperazine rings is 1. The molecular weight excluding hydrogens is 572 g/mol. The van der Waals surface area contributed by atoms with Crippen LogP contribution < -0.4 is 4.18 Å². The van der Waals surface area contributed by atoms with E-state index in [1.807, 2.05) is 30.3 Å². The molecule has 10 heteroatoms. The normalized spacial score (nSPS) is 15.4. The van der Waals surface area contributed by atoms with E-state index in [9.17, 15) is 17.1 Å². The maximum absolute atomic E-state index is 13.4. The maximum atomic E-state index is 13.4. The number of hydrogen-bond acceptors (Lipinski definition) is 6. The van der Waals surface area contributed by atoms with Crippen molar-refractivity contribution >= 4 is 24.7 Å². The minimum absolute atomic E-state index is 0.00601. The minimum Gasteiger partial charge on any atom is -0.448 e. The summed E-state index contributed by atoms with van der Waals surface area (Å²) in [6.45, 7) is 11.0. The van der Waals surface area contributed by atoms with Crippen LogP contribution in [0.4, 0.5) is 8.68 Å². The summed E-state index contributed by atoms with van der Waals surface area (Å²) < 4.78 is 46.5. The third-order valence-electron chi connectivity index (χ3n) is 7.60. The summed E-state index contributed by atoms with van der Waals surface area (Å²) in [6.07, 6.45) is -0.333. The Morgan fingerprint density at radius 1 is 0.976 bits per heavy atom. The molecule has 0 unspecified atom stereocenters. The standard InChI is InChI=1S/C32H35FN2O5SSi/c1-23-25(19-24(13-18-42(2,3)4)20-31(23)40-41(33,37)38)21-34-14-16-35(17-15-34)32(36)39-22-30-28-11-7-5-9-26(28)27-10-6-8-12-29(27)30/h5-12,19-20,30H,14-17,21-22H2,1-4H3. The van der Waals surface area contributed by atoms with Crippen molar-refractivity contribution in [2.24, 2.45) is 0 Å². The van der Waals surface area contributed by atoms with Gasteiger partial charge in [0.05, 0.1) is 0 Å². The van der Waals surface area contributed by atoms with Crippen LogP contribution in [0.2, 0.25) is 19.6 Å². The smallest absolute Gasteiger partial charge is 0.448 e. The van der Waals surface area contributed by atoms with Crippen molar-refractivity contribution in [1.29, 1.82) is 0 Å². The quantitative estimate of drug-likeness (QED) is 0.198. The SMILES string of the molecule is Cc1c(CN2CCN(C(=O)OCC3c4ccccc4-c4ccccc43)CC2)cc(C#C[Si](C)(C)C)cc1OS(=O)(=O)F. The van der Waals surface area contributed by atoms with E-state index in [-0.39, 0.29) is 24.4 Å². The molecule has 5 rings (SSSR count). The molecule has 0 atom stereocenters. The lowest BCUT2D eigenvalue weighted by Gasteiger charge is -2.34. The molecule has 220 valence electrons. The van der Waals surface area contributed by atoms with Crippen molar-refractivity contribution in [2.45, 2.75) is 39.0 Å². The number of carbonyl (C=O) groups excluding carboxylic acids is 1. The van der Waals surface area contributed by atoms with E-state index in [2.05, 4.69) is 64.5 Å². The molecule has 1 aliphatic carbocycles. The first-order chi connectivity index (χ1) is 19.9. The van der Waals surface area contributed by atoms with Gasteiger partial charge in [-0.1, -0.05) is 78.0 Å². The second kappa shape index (κ2) is 11.9. The largest absolute Gasteiger partial charge is 0.488 e. The number of rotatable bonds is 6. The predicted octanol–water partition coefficient (Wildman–Crippen LogP) is 5.88. The lowest BCUT2D eigenvalue weighted by Crippen LogP contribution is -2.48. The Morgan fingerprint density at radius 3 is 2.14 bits per heavy atom. The van der Waals surface area contributed by atoms with E-state index in [1.165, 1.54) is 28.3 Å². The summed E-state index contributed by atoms with van der Waals surface area (Å²) in [5, 5.41) is 0. The van der Waals surface area contributed by atoms with Crippen LogP contribution in [0.1, 0.15) is 33.7 Å². The van der Waals surface area contributed by atoms with Crippen LogP contribution in [-0.4, -0.2) is 65.2 Å². The lowest BCUT2D eigenvalue weighted by molar-refractivity contribution is 0.0728. The van der Waals surface area contributed by atoms with Crippen molar-refractivity contribution in [2.75, 3.05) is 32.8 Å². The third kappa shape index (κ3) is 7.03. The first kappa shape index (κ1) is 29.8. The topological polar surface area (TPSA) is 76.2 Å². The molecule has 1 amide bonds. The van der Waals surface area contributed by atoms with Gasteiger partial charge in [0.25, 0.3) is 0 Å². The van der Waals surface area contributed by atoms with E-state index in [0.29, 0.717) is 43.9 Å². The van der Waals surface area contributed by atoms with Crippen molar-refractivity contribution in [3.63, 3.8) is 0 Å². The molecular formula is C32H35FN2O5SSi. The molecule has 0 bridgehead atoms. The first-order valence-corrected chi connectivity index (χ1v) is 18.8. The zero-order chi connectivity index (χ0) is 30.1. The fourth-order valence-corrected chi connectivity index (χ4v) is 6.36. The molecule has 3 aromatic rings. The number of nitrogens with zero attached hydrogens (tertiary/aromatic N) is 2. The molecule has 1 heterocycles. The molecule has 42 heavy (non-hydrogen) atoms. The number of hydrogen-bond donors (Lipinski definition) is 0. The monoisotopic (exact) mass is 606 g/mol. The minimum atomic E-state index is -5.18. The second-order valence-electron chi connectivity index (χ2n) is 11.8. The van der Waals surface area contributed by atoms with Crippen molar-refractivity contribution < 1.29 is 26.0 Å². The highest BCUT2D eigenvalue weighted by atomic mass is 32.3. The average Bonchev–Trinajstić information content (AvgIpc) is 3.26. The summed E-state index contributed by atoms with van der Waals surface area (Å²) >= 11 is 0. The third-order valence-corrected chi connectivity index (χ3v) is 8.85. The molecule has 2 aliphatic rings. The fraction of sp³-hybridized carbons (Fsp3) is 0.344. The van der Waals surface area contributed by atoms with Gasteiger partial charge in [-0.25, -0.2) is 4.79 Å². The van der Waals surface area contributed by atoms with Gasteiger partial charge >= 0.3 is 16.6 Å². The van der Waals surface area contributed by atoms with E-state index in [0.717, 1.165) is 5.56 Å². The Kier molecular flexibility index (Phi) is 8.46. The van der Waals surface area contributed by atoms with Gasteiger partial charge in [0.15, 0.2) is 0 Å². The van der Waals surface area contributed by atoms with Crippen molar-refractivity contribution in [3.05, 3.63) is 88.5 Å². The highest BCUT2D eigenvalue weighted by Gasteiger charge is 2.30. The van der Waals surface area contributed by atoms with Gasteiger partial charge in [-0.05, 0) is 52.4 Å². The molecule has 1 aliphatic heterocycles. The number of ether oxygens (including phenoxy) is 1. The van der Waals surface area contributed by atoms with Gasteiger partial charge in [0.1, 0.15) is 20.4 Å². The van der Waals surface area contributed by atoms with Crippen LogP contribution in [0.3, 0.4) is 0 Å². The molecule has 1 saturated heterocycles. The van der Waals surface area contributed by atoms with E-state index in [1.54, 1.807) is 11.8 Å². The first-order valence-electron chi connectivity index (χ1n) is 14.0. The Balaban J connectivity index is 1.22. The van der Waals surface area contributed by atoms with Gasteiger partial charge in [-0.2, -0.15) is 8.42 Å². The maximum Gasteiger partial charge on any atom is 0.488 e. The summed E-state index contributed by atoms with van der Waals surface area (Å²) in [4.78, 5) is 16.9. The van der Waals surface area contributed by atoms with Gasteiger partial charge in [-0.3, -0.25) is 4.90 Å². The lowest BCUT2D eigenvalue weighted by atomic mass is 9.98. The molecule has 0 saturated carbocycles. The van der Waals surface area contributed by atoms with Crippen LogP contribution in [-0.2, 0) is 21.8 Å². The highest BCUT2D eigenvalue weighted by molar-refractivity contribution is 7.81. The van der Waals surface area contributed by atoms with E-state index in [4.69, 9.17) is 4.74 Å². The molecule has 7 nitrogen and oxygen atoms in total. The van der Waals surface area contributed by atoms with Gasteiger partial charge in [0, 0.05) is 44.2 Å². The van der Waals surface area contributed by atoms with Crippen molar-refractivity contribution in [1.82, 2.24) is 9.80 Å². The number of carbonyl (C=O) groups is 1. The summed E-state index contributed by atoms with van der Waals surface area (Å²) in [7, 11) is -6.88. The fourth-order valence-electron chi connectivity index (χ4n) is 5.45. The zero-order valence-electron chi connectivity index (χ0n) is 24.3. The number of fused-ring (bicyclic) bond motifs is 3. The van der Waals surface area contributed by atoms with Gasteiger partial charge in [0.2, 0.25) is 0 Å². The molecule has 0 aromatic heterocycles. The Morgan fingerprint density at radius 2 is 1.57 bits per heavy atom. The molecule has 3 aromatic carbocycles. The highest BCUT2D eigenvalue weighted by Crippen LogP contribution is 2.44. The predicted molar refractivity (Wildman–Crippen MR) is 164 cm³/mol. The Labute approximate surface area is 248 Å². The van der Waals surface area contributed by atoms with E-state index < -0.39 is 18.6 Å². The summed E-state index contributed by atoms with van der Waals surface area (Å²) in [5.41, 5.74) is 9.89.